The van der Waals surface area contributed by atoms with E-state index < -0.39 is 0 Å². The lowest BCUT2D eigenvalue weighted by atomic mass is 10.2. The van der Waals surface area contributed by atoms with Crippen molar-refractivity contribution in [2.24, 2.45) is 0 Å². The minimum atomic E-state index is -0.307. The predicted molar refractivity (Wildman–Crippen MR) is 60.1 cm³/mol. The van der Waals surface area contributed by atoms with Gasteiger partial charge in [-0.3, -0.25) is 4.79 Å². The Bertz CT molecular complexity index is 243. The normalized spacial score (nSPS) is 15.1. The standard InChI is InChI=1S/C11H20N2O3/c1-2-3-4-6-12-10(14)5-7-13-8-9-16-11(13)15/h2-9H2,1H3,(H,12,14). The van der Waals surface area contributed by atoms with E-state index in [2.05, 4.69) is 12.2 Å². The highest BCUT2D eigenvalue weighted by Crippen LogP contribution is 2.03. The molecule has 0 aromatic rings. The number of unbranched alkanes of at least 4 members (excludes halogenated alkanes) is 2. The summed E-state index contributed by atoms with van der Waals surface area (Å²) in [5.74, 6) is 0.0100. The summed E-state index contributed by atoms with van der Waals surface area (Å²) >= 11 is 0. The molecule has 0 radical (unpaired) electrons. The van der Waals surface area contributed by atoms with Gasteiger partial charge in [0.05, 0.1) is 6.54 Å². The van der Waals surface area contributed by atoms with Crippen LogP contribution in [0.2, 0.25) is 0 Å². The second-order valence-electron chi connectivity index (χ2n) is 3.91. The van der Waals surface area contributed by atoms with E-state index >= 15 is 0 Å². The van der Waals surface area contributed by atoms with Crippen molar-refractivity contribution < 1.29 is 14.3 Å². The first-order chi connectivity index (χ1) is 7.74. The fraction of sp³-hybridized carbons (Fsp3) is 0.818. The molecule has 1 saturated heterocycles. The highest BCUT2D eigenvalue weighted by molar-refractivity contribution is 5.77. The molecule has 0 atom stereocenters. The van der Waals surface area contributed by atoms with Gasteiger partial charge in [0.1, 0.15) is 6.61 Å². The molecule has 1 N–H and O–H groups in total. The van der Waals surface area contributed by atoms with E-state index in [0.717, 1.165) is 25.8 Å². The Hall–Kier alpha value is -1.26. The Morgan fingerprint density at radius 1 is 1.50 bits per heavy atom. The van der Waals surface area contributed by atoms with Crippen LogP contribution in [0.15, 0.2) is 0 Å². The molecule has 0 bridgehead atoms. The van der Waals surface area contributed by atoms with Crippen LogP contribution < -0.4 is 5.32 Å². The summed E-state index contributed by atoms with van der Waals surface area (Å²) in [7, 11) is 0. The van der Waals surface area contributed by atoms with Gasteiger partial charge in [0.2, 0.25) is 5.91 Å². The molecule has 0 aliphatic carbocycles. The molecule has 1 aliphatic heterocycles. The molecule has 1 heterocycles. The van der Waals surface area contributed by atoms with E-state index in [1.54, 1.807) is 4.90 Å². The van der Waals surface area contributed by atoms with Gasteiger partial charge in [0, 0.05) is 19.5 Å². The van der Waals surface area contributed by atoms with Crippen molar-refractivity contribution in [2.45, 2.75) is 32.6 Å². The van der Waals surface area contributed by atoms with Gasteiger partial charge >= 0.3 is 6.09 Å². The van der Waals surface area contributed by atoms with E-state index in [-0.39, 0.29) is 12.0 Å². The Balaban J connectivity index is 2.03. The maximum Gasteiger partial charge on any atom is 0.409 e. The highest BCUT2D eigenvalue weighted by atomic mass is 16.6. The van der Waals surface area contributed by atoms with Gasteiger partial charge in [-0.05, 0) is 6.42 Å². The summed E-state index contributed by atoms with van der Waals surface area (Å²) < 4.78 is 4.77. The number of hydrogen-bond acceptors (Lipinski definition) is 3. The van der Waals surface area contributed by atoms with Crippen LogP contribution in [-0.2, 0) is 9.53 Å². The minimum Gasteiger partial charge on any atom is -0.448 e. The quantitative estimate of drug-likeness (QED) is 0.665. The van der Waals surface area contributed by atoms with Crippen LogP contribution in [0.3, 0.4) is 0 Å². The molecule has 1 rings (SSSR count). The number of rotatable bonds is 7. The summed E-state index contributed by atoms with van der Waals surface area (Å²) in [5, 5.41) is 2.84. The molecule has 5 nitrogen and oxygen atoms in total. The zero-order valence-corrected chi connectivity index (χ0v) is 9.83. The largest absolute Gasteiger partial charge is 0.448 e. The van der Waals surface area contributed by atoms with Crippen molar-refractivity contribution in [3.63, 3.8) is 0 Å². The number of amides is 2. The van der Waals surface area contributed by atoms with Crippen molar-refractivity contribution in [1.82, 2.24) is 10.2 Å². The summed E-state index contributed by atoms with van der Waals surface area (Å²) in [6.45, 7) is 4.36. The zero-order chi connectivity index (χ0) is 11.8. The third-order valence-corrected chi connectivity index (χ3v) is 2.56. The SMILES string of the molecule is CCCCCNC(=O)CCN1CCOC1=O. The molecule has 0 aromatic carbocycles. The maximum absolute atomic E-state index is 11.4. The summed E-state index contributed by atoms with van der Waals surface area (Å²) in [4.78, 5) is 24.0. The first kappa shape index (κ1) is 12.8. The number of nitrogens with zero attached hydrogens (tertiary/aromatic N) is 1. The maximum atomic E-state index is 11.4. The lowest BCUT2D eigenvalue weighted by molar-refractivity contribution is -0.121. The topological polar surface area (TPSA) is 58.6 Å². The van der Waals surface area contributed by atoms with Gasteiger partial charge in [-0.15, -0.1) is 0 Å². The van der Waals surface area contributed by atoms with Crippen molar-refractivity contribution in [3.05, 3.63) is 0 Å². The molecular formula is C11H20N2O3. The van der Waals surface area contributed by atoms with Crippen molar-refractivity contribution >= 4 is 12.0 Å². The van der Waals surface area contributed by atoms with Crippen molar-refractivity contribution in [1.29, 1.82) is 0 Å². The Morgan fingerprint density at radius 2 is 2.31 bits per heavy atom. The van der Waals surface area contributed by atoms with E-state index in [9.17, 15) is 9.59 Å². The second kappa shape index (κ2) is 7.09. The fourth-order valence-electron chi connectivity index (χ4n) is 1.56. The number of ether oxygens (including phenoxy) is 1. The van der Waals surface area contributed by atoms with Gasteiger partial charge in [-0.1, -0.05) is 19.8 Å². The lowest BCUT2D eigenvalue weighted by Crippen LogP contribution is -2.31. The first-order valence-corrected chi connectivity index (χ1v) is 5.92. The summed E-state index contributed by atoms with van der Waals surface area (Å²) in [6, 6.07) is 0. The zero-order valence-electron chi connectivity index (χ0n) is 9.83. The van der Waals surface area contributed by atoms with Crippen LogP contribution in [0.5, 0.6) is 0 Å². The molecule has 1 fully saturated rings. The highest BCUT2D eigenvalue weighted by Gasteiger charge is 2.21. The first-order valence-electron chi connectivity index (χ1n) is 5.92. The lowest BCUT2D eigenvalue weighted by Gasteiger charge is -2.11. The minimum absolute atomic E-state index is 0.0100. The van der Waals surface area contributed by atoms with Crippen LogP contribution in [0.1, 0.15) is 32.6 Å². The molecule has 0 aromatic heterocycles. The molecule has 0 unspecified atom stereocenters. The van der Waals surface area contributed by atoms with Crippen molar-refractivity contribution in [2.75, 3.05) is 26.2 Å². The van der Waals surface area contributed by atoms with Gasteiger partial charge in [-0.25, -0.2) is 4.79 Å². The van der Waals surface area contributed by atoms with Gasteiger partial charge in [-0.2, -0.15) is 0 Å². The van der Waals surface area contributed by atoms with Crippen LogP contribution in [0.25, 0.3) is 0 Å². The predicted octanol–water partition coefficient (Wildman–Crippen LogP) is 1.14. The molecule has 92 valence electrons. The van der Waals surface area contributed by atoms with Crippen LogP contribution in [-0.4, -0.2) is 43.1 Å². The molecule has 16 heavy (non-hydrogen) atoms. The number of carbonyl (C=O) groups excluding carboxylic acids is 2. The number of cyclic esters (lactones) is 1. The van der Waals surface area contributed by atoms with E-state index in [4.69, 9.17) is 4.74 Å². The number of nitrogens with one attached hydrogen (secondary N) is 1. The number of carbonyl (C=O) groups is 2. The van der Waals surface area contributed by atoms with Crippen LogP contribution in [0.4, 0.5) is 4.79 Å². The van der Waals surface area contributed by atoms with Crippen LogP contribution in [0, 0.1) is 0 Å². The Morgan fingerprint density at radius 3 is 2.94 bits per heavy atom. The third-order valence-electron chi connectivity index (χ3n) is 2.56. The summed E-state index contributed by atoms with van der Waals surface area (Å²) in [5.41, 5.74) is 0. The fourth-order valence-corrected chi connectivity index (χ4v) is 1.56. The Labute approximate surface area is 96.1 Å². The van der Waals surface area contributed by atoms with Gasteiger partial charge in [0.25, 0.3) is 0 Å². The molecule has 0 spiro atoms. The average molecular weight is 228 g/mol. The van der Waals surface area contributed by atoms with E-state index in [1.807, 2.05) is 0 Å². The van der Waals surface area contributed by atoms with E-state index in [0.29, 0.717) is 26.1 Å². The second-order valence-corrected chi connectivity index (χ2v) is 3.91. The average Bonchev–Trinajstić information content (AvgIpc) is 2.67. The smallest absolute Gasteiger partial charge is 0.409 e. The van der Waals surface area contributed by atoms with E-state index in [1.165, 1.54) is 0 Å². The Kier molecular flexibility index (Phi) is 5.67. The molecule has 5 heteroatoms. The van der Waals surface area contributed by atoms with Gasteiger partial charge < -0.3 is 15.0 Å². The molecule has 0 saturated carbocycles. The molecular weight excluding hydrogens is 208 g/mol. The monoisotopic (exact) mass is 228 g/mol. The molecule has 1 aliphatic rings. The third kappa shape index (κ3) is 4.51. The van der Waals surface area contributed by atoms with Crippen molar-refractivity contribution in [3.8, 4) is 0 Å². The summed E-state index contributed by atoms with van der Waals surface area (Å²) in [6.07, 6.45) is 3.36. The van der Waals surface area contributed by atoms with Crippen LogP contribution >= 0.6 is 0 Å². The molecule has 2 amide bonds. The number of hydrogen-bond donors (Lipinski definition) is 1. The van der Waals surface area contributed by atoms with Gasteiger partial charge in [0.15, 0.2) is 0 Å².